The van der Waals surface area contributed by atoms with E-state index in [1.54, 1.807) is 12.4 Å². The Kier molecular flexibility index (Phi) is 3.55. The number of hydrogen-bond acceptors (Lipinski definition) is 7. The molecule has 3 heterocycles. The van der Waals surface area contributed by atoms with Crippen molar-refractivity contribution in [2.75, 3.05) is 11.6 Å². The third-order valence-electron chi connectivity index (χ3n) is 3.50. The fourth-order valence-corrected chi connectivity index (χ4v) is 2.71. The van der Waals surface area contributed by atoms with Gasteiger partial charge in [-0.1, -0.05) is 36.0 Å². The van der Waals surface area contributed by atoms with Crippen LogP contribution in [-0.2, 0) is 0 Å². The minimum absolute atomic E-state index is 0.391. The maximum Gasteiger partial charge on any atom is 0.247 e. The van der Waals surface area contributed by atoms with Crippen LogP contribution in [0.25, 0.3) is 11.3 Å². The zero-order valence-electron chi connectivity index (χ0n) is 12.3. The molecule has 4 rings (SSSR count). The van der Waals surface area contributed by atoms with E-state index < -0.39 is 6.23 Å². The van der Waals surface area contributed by atoms with Crippen LogP contribution in [0.15, 0.2) is 53.9 Å². The van der Waals surface area contributed by atoms with Gasteiger partial charge in [-0.25, -0.2) is 0 Å². The van der Waals surface area contributed by atoms with Crippen LogP contribution in [-0.4, -0.2) is 26.4 Å². The number of ether oxygens (including phenoxy) is 1. The van der Waals surface area contributed by atoms with Gasteiger partial charge in [0.25, 0.3) is 0 Å². The van der Waals surface area contributed by atoms with Gasteiger partial charge in [0.15, 0.2) is 11.9 Å². The van der Waals surface area contributed by atoms with Crippen LogP contribution < -0.4 is 10.1 Å². The molecule has 6 nitrogen and oxygen atoms in total. The van der Waals surface area contributed by atoms with Gasteiger partial charge < -0.3 is 10.1 Å². The molecule has 0 amide bonds. The Labute approximate surface area is 137 Å². The zero-order valence-corrected chi connectivity index (χ0v) is 13.1. The number of nitrogens with zero attached hydrogens (tertiary/aromatic N) is 4. The molecule has 0 saturated heterocycles. The first-order chi connectivity index (χ1) is 11.3. The molecule has 7 heteroatoms. The fraction of sp³-hybridized carbons (Fsp3) is 0.125. The van der Waals surface area contributed by atoms with Crippen LogP contribution in [0.2, 0.25) is 0 Å². The Morgan fingerprint density at radius 2 is 2.04 bits per heavy atom. The molecule has 114 valence electrons. The lowest BCUT2D eigenvalue weighted by atomic mass is 10.1. The van der Waals surface area contributed by atoms with Crippen molar-refractivity contribution >= 4 is 17.4 Å². The van der Waals surface area contributed by atoms with Gasteiger partial charge in [0, 0.05) is 29.2 Å². The lowest BCUT2D eigenvalue weighted by Crippen LogP contribution is -2.17. The minimum atomic E-state index is -0.391. The molecule has 0 radical (unpaired) electrons. The van der Waals surface area contributed by atoms with Crippen LogP contribution in [0, 0.1) is 0 Å². The van der Waals surface area contributed by atoms with Crippen LogP contribution >= 0.6 is 11.8 Å². The molecule has 0 saturated carbocycles. The average Bonchev–Trinajstić information content (AvgIpc) is 2.78. The molecule has 1 N–H and O–H groups in total. The summed E-state index contributed by atoms with van der Waals surface area (Å²) < 4.78 is 6.09. The van der Waals surface area contributed by atoms with E-state index in [0.717, 1.165) is 16.8 Å². The first-order valence-corrected chi connectivity index (χ1v) is 8.29. The Balaban J connectivity index is 1.87. The van der Waals surface area contributed by atoms with Crippen LogP contribution in [0.1, 0.15) is 11.8 Å². The summed E-state index contributed by atoms with van der Waals surface area (Å²) in [5, 5.41) is 12.4. The van der Waals surface area contributed by atoms with Crippen LogP contribution in [0.4, 0.5) is 5.69 Å². The van der Waals surface area contributed by atoms with Crippen molar-refractivity contribution in [1.82, 2.24) is 20.2 Å². The number of anilines is 1. The number of benzene rings is 1. The van der Waals surface area contributed by atoms with Crippen molar-refractivity contribution in [3.05, 3.63) is 54.4 Å². The topological polar surface area (TPSA) is 72.8 Å². The molecule has 0 spiro atoms. The molecule has 1 aliphatic heterocycles. The highest BCUT2D eigenvalue weighted by Gasteiger charge is 2.25. The number of para-hydroxylation sites is 1. The molecule has 1 aliphatic rings. The summed E-state index contributed by atoms with van der Waals surface area (Å²) in [7, 11) is 0. The predicted octanol–water partition coefficient (Wildman–Crippen LogP) is 3.16. The van der Waals surface area contributed by atoms with Gasteiger partial charge in [-0.2, -0.15) is 4.98 Å². The Morgan fingerprint density at radius 3 is 2.87 bits per heavy atom. The first-order valence-electron chi connectivity index (χ1n) is 7.06. The number of pyridine rings is 1. The van der Waals surface area contributed by atoms with E-state index in [-0.39, 0.29) is 0 Å². The molecule has 3 aromatic rings. The number of nitrogens with one attached hydrogen (secondary N) is 1. The van der Waals surface area contributed by atoms with Gasteiger partial charge in [0.05, 0.1) is 0 Å². The molecule has 2 aromatic heterocycles. The SMILES string of the molecule is CSc1nnc2c(n1)O[C@H](c1cccnc1)Nc1ccccc1-2. The van der Waals surface area contributed by atoms with Crippen LogP contribution in [0.5, 0.6) is 5.88 Å². The van der Waals surface area contributed by atoms with E-state index in [1.165, 1.54) is 11.8 Å². The van der Waals surface area contributed by atoms with Crippen molar-refractivity contribution < 1.29 is 4.74 Å². The lowest BCUT2D eigenvalue weighted by molar-refractivity contribution is 0.225. The standard InChI is InChI=1S/C16H13N5OS/c1-23-16-19-15-13(20-21-16)11-6-2-3-7-12(11)18-14(22-15)10-5-4-8-17-9-10/h2-9,14,18H,1H3/t14-/m1/s1. The number of fused-ring (bicyclic) bond motifs is 3. The largest absolute Gasteiger partial charge is 0.448 e. The van der Waals surface area contributed by atoms with Crippen molar-refractivity contribution in [2.24, 2.45) is 0 Å². The monoisotopic (exact) mass is 323 g/mol. The Morgan fingerprint density at radius 1 is 1.13 bits per heavy atom. The molecular formula is C16H13N5OS. The highest BCUT2D eigenvalue weighted by Crippen LogP contribution is 2.39. The predicted molar refractivity (Wildman–Crippen MR) is 88.3 cm³/mol. The second-order valence-electron chi connectivity index (χ2n) is 4.93. The van der Waals surface area contributed by atoms with Crippen molar-refractivity contribution in [2.45, 2.75) is 11.4 Å². The number of aromatic nitrogens is 4. The van der Waals surface area contributed by atoms with E-state index >= 15 is 0 Å². The van der Waals surface area contributed by atoms with Crippen molar-refractivity contribution in [3.8, 4) is 17.1 Å². The summed E-state index contributed by atoms with van der Waals surface area (Å²) >= 11 is 1.43. The maximum atomic E-state index is 6.09. The van der Waals surface area contributed by atoms with E-state index in [0.29, 0.717) is 16.7 Å². The third-order valence-corrected chi connectivity index (χ3v) is 4.04. The zero-order chi connectivity index (χ0) is 15.6. The summed E-state index contributed by atoms with van der Waals surface area (Å²) in [6.45, 7) is 0. The quantitative estimate of drug-likeness (QED) is 0.726. The summed E-state index contributed by atoms with van der Waals surface area (Å²) in [5.74, 6) is 0.468. The lowest BCUT2D eigenvalue weighted by Gasteiger charge is -2.18. The third kappa shape index (κ3) is 2.59. The fourth-order valence-electron chi connectivity index (χ4n) is 2.42. The van der Waals surface area contributed by atoms with Crippen LogP contribution in [0.3, 0.4) is 0 Å². The highest BCUT2D eigenvalue weighted by molar-refractivity contribution is 7.98. The molecule has 0 bridgehead atoms. The van der Waals surface area contributed by atoms with Gasteiger partial charge in [0.2, 0.25) is 11.0 Å². The number of hydrogen-bond donors (Lipinski definition) is 1. The number of rotatable bonds is 2. The molecular weight excluding hydrogens is 310 g/mol. The molecule has 1 atom stereocenters. The number of thioether (sulfide) groups is 1. The summed E-state index contributed by atoms with van der Waals surface area (Å²) in [4.78, 5) is 8.64. The summed E-state index contributed by atoms with van der Waals surface area (Å²) in [5.41, 5.74) is 3.39. The van der Waals surface area contributed by atoms with Gasteiger partial charge in [-0.05, 0) is 18.4 Å². The minimum Gasteiger partial charge on any atom is -0.448 e. The Bertz CT molecular complexity index is 843. The van der Waals surface area contributed by atoms with Gasteiger partial charge in [0.1, 0.15) is 0 Å². The smallest absolute Gasteiger partial charge is 0.247 e. The summed E-state index contributed by atoms with van der Waals surface area (Å²) in [6, 6.07) is 11.7. The van der Waals surface area contributed by atoms with E-state index in [2.05, 4.69) is 25.5 Å². The molecule has 0 aliphatic carbocycles. The van der Waals surface area contributed by atoms with E-state index in [1.807, 2.05) is 42.7 Å². The van der Waals surface area contributed by atoms with Crippen molar-refractivity contribution in [3.63, 3.8) is 0 Å². The highest BCUT2D eigenvalue weighted by atomic mass is 32.2. The van der Waals surface area contributed by atoms with Gasteiger partial charge >= 0.3 is 0 Å². The van der Waals surface area contributed by atoms with Gasteiger partial charge in [-0.15, -0.1) is 10.2 Å². The second kappa shape index (κ2) is 5.85. The normalized spacial score (nSPS) is 15.6. The van der Waals surface area contributed by atoms with E-state index in [4.69, 9.17) is 4.74 Å². The van der Waals surface area contributed by atoms with Gasteiger partial charge in [-0.3, -0.25) is 4.98 Å². The molecule has 0 fully saturated rings. The average molecular weight is 323 g/mol. The molecule has 23 heavy (non-hydrogen) atoms. The molecule has 1 aromatic carbocycles. The van der Waals surface area contributed by atoms with E-state index in [9.17, 15) is 0 Å². The Hall–Kier alpha value is -2.67. The molecule has 0 unspecified atom stereocenters. The first kappa shape index (κ1) is 14.0. The second-order valence-corrected chi connectivity index (χ2v) is 5.70. The summed E-state index contributed by atoms with van der Waals surface area (Å²) in [6.07, 6.45) is 5.02. The van der Waals surface area contributed by atoms with Crippen molar-refractivity contribution in [1.29, 1.82) is 0 Å². The maximum absolute atomic E-state index is 6.09.